The summed E-state index contributed by atoms with van der Waals surface area (Å²) in [5.41, 5.74) is 28.1. The Bertz CT molecular complexity index is 2700. The average molecular weight is 1100 g/mol. The molecule has 1 radical (unpaired) electrons. The zero-order valence-electron chi connectivity index (χ0n) is 43.5. The third-order valence-electron chi connectivity index (χ3n) is 12.7. The van der Waals surface area contributed by atoms with E-state index in [1.807, 2.05) is 48.8 Å². The van der Waals surface area contributed by atoms with E-state index < -0.39 is 0 Å². The maximum Gasteiger partial charge on any atom is 0.192 e. The number of aliphatic hydroxyl groups is 1. The van der Waals surface area contributed by atoms with Gasteiger partial charge in [0, 0.05) is 38.6 Å². The number of rotatable bonds is 9. The van der Waals surface area contributed by atoms with E-state index in [2.05, 4.69) is 190 Å². The first kappa shape index (κ1) is 54.5. The Morgan fingerprint density at radius 1 is 0.457 bits per heavy atom. The van der Waals surface area contributed by atoms with Crippen LogP contribution in [0.5, 0.6) is 0 Å². The van der Waals surface area contributed by atoms with Crippen molar-refractivity contribution < 1.29 is 30.0 Å². The molecule has 357 valence electrons. The van der Waals surface area contributed by atoms with Crippen LogP contribution in [0, 0.1) is 95.2 Å². The monoisotopic (exact) mass is 1100 g/mol. The van der Waals surface area contributed by atoms with Crippen LogP contribution in [0.1, 0.15) is 80.6 Å². The van der Waals surface area contributed by atoms with Crippen LogP contribution in [-0.2, 0) is 24.9 Å². The molecule has 4 nitrogen and oxygen atoms in total. The standard InChI is InChI=1S/2C29H29BN.C5H8O2.Ir/c2*1-19-15-21(3)28(22(4)16-19)30(29-23(5)17-20(2)18-24(29)6)26-12-10-25(11-13-26)27-9-7-8-14-31-27;1-4(6)3-5(2)7;/h2*7-10,12-18H,1-6H3;3,6H,1-2H3;/q2*-1;;/b;;4-3-;. The van der Waals surface area contributed by atoms with Gasteiger partial charge in [-0.3, -0.25) is 4.79 Å². The predicted molar refractivity (Wildman–Crippen MR) is 296 cm³/mol. The smallest absolute Gasteiger partial charge is 0.192 e. The number of hydrogen-bond donors (Lipinski definition) is 1. The predicted octanol–water partition coefficient (Wildman–Crippen LogP) is 10.9. The van der Waals surface area contributed by atoms with Gasteiger partial charge in [-0.25, -0.2) is 0 Å². The first-order valence-corrected chi connectivity index (χ1v) is 23.9. The maximum atomic E-state index is 10.0. The number of carbonyl (C=O) groups excluding carboxylic acids is 1. The Balaban J connectivity index is 0.000000227. The van der Waals surface area contributed by atoms with E-state index >= 15 is 0 Å². The van der Waals surface area contributed by atoms with E-state index in [-0.39, 0.29) is 45.1 Å². The molecule has 0 saturated carbocycles. The van der Waals surface area contributed by atoms with Crippen LogP contribution >= 0.6 is 0 Å². The van der Waals surface area contributed by atoms with Crippen molar-refractivity contribution in [2.75, 3.05) is 0 Å². The van der Waals surface area contributed by atoms with Gasteiger partial charge in [0.1, 0.15) is 0 Å². The summed E-state index contributed by atoms with van der Waals surface area (Å²) >= 11 is 0. The number of aliphatic hydroxyl groups excluding tert-OH is 1. The minimum absolute atomic E-state index is 0. The molecule has 2 heterocycles. The molecule has 2 aromatic heterocycles. The second-order valence-corrected chi connectivity index (χ2v) is 19.0. The molecule has 0 bridgehead atoms. The Morgan fingerprint density at radius 3 is 0.929 bits per heavy atom. The summed E-state index contributed by atoms with van der Waals surface area (Å²) in [6.07, 6.45) is 4.83. The summed E-state index contributed by atoms with van der Waals surface area (Å²) in [4.78, 5) is 19.0. The normalized spacial score (nSPS) is 10.8. The Labute approximate surface area is 433 Å². The van der Waals surface area contributed by atoms with Crippen molar-refractivity contribution in [3.05, 3.63) is 224 Å². The van der Waals surface area contributed by atoms with Crippen LogP contribution < -0.4 is 32.8 Å². The number of pyridine rings is 2. The number of ketones is 1. The SMILES string of the molecule is CC(=O)/C=C(/C)O.Cc1cc(C)c(B(c2c[c-]c(-c3ccccn3)cc2)c2c(C)cc(C)cc2C)c(C)c1.Cc1cc(C)c(B(c2c[c-]c(-c3ccccn3)cc2)c2c(C)cc(C)cc2C)c(C)c1.[Ir]. The fourth-order valence-corrected chi connectivity index (χ4v) is 10.4. The van der Waals surface area contributed by atoms with E-state index in [0.29, 0.717) is 0 Å². The van der Waals surface area contributed by atoms with Crippen molar-refractivity contribution in [1.82, 2.24) is 9.97 Å². The molecule has 0 unspecified atom stereocenters. The molecule has 0 fully saturated rings. The zero-order chi connectivity index (χ0) is 50.1. The van der Waals surface area contributed by atoms with Crippen LogP contribution in [-0.4, -0.2) is 34.3 Å². The molecule has 1 N–H and O–H groups in total. The number of carbonyl (C=O) groups is 1. The van der Waals surface area contributed by atoms with Gasteiger partial charge in [-0.15, -0.1) is 70.6 Å². The minimum Gasteiger partial charge on any atom is -0.512 e. The van der Waals surface area contributed by atoms with Crippen molar-refractivity contribution in [1.29, 1.82) is 0 Å². The molecule has 0 saturated heterocycles. The summed E-state index contributed by atoms with van der Waals surface area (Å²) < 4.78 is 0. The molecule has 0 aliphatic rings. The molecule has 6 aromatic carbocycles. The van der Waals surface area contributed by atoms with E-state index in [4.69, 9.17) is 5.11 Å². The van der Waals surface area contributed by atoms with E-state index in [1.54, 1.807) is 0 Å². The van der Waals surface area contributed by atoms with E-state index in [1.165, 1.54) is 119 Å². The third kappa shape index (κ3) is 13.5. The first-order chi connectivity index (χ1) is 32.8. The van der Waals surface area contributed by atoms with Gasteiger partial charge in [-0.05, 0) is 120 Å². The first-order valence-electron chi connectivity index (χ1n) is 23.9. The molecule has 0 aliphatic heterocycles. The fourth-order valence-electron chi connectivity index (χ4n) is 10.4. The Morgan fingerprint density at radius 2 is 0.743 bits per heavy atom. The average Bonchev–Trinajstić information content (AvgIpc) is 3.27. The maximum absolute atomic E-state index is 10.0. The molecule has 0 amide bonds. The molecule has 8 rings (SSSR count). The number of hydrogen-bond acceptors (Lipinski definition) is 4. The fraction of sp³-hybridized carbons (Fsp3) is 0.222. The van der Waals surface area contributed by atoms with Crippen molar-refractivity contribution in [2.24, 2.45) is 0 Å². The Hall–Kier alpha value is -6.39. The van der Waals surface area contributed by atoms with Crippen molar-refractivity contribution in [3.63, 3.8) is 0 Å². The summed E-state index contributed by atoms with van der Waals surface area (Å²) in [5, 5.41) is 8.36. The minimum atomic E-state index is -0.125. The number of allylic oxidation sites excluding steroid dienone is 2. The molecule has 0 atom stereocenters. The Kier molecular flexibility index (Phi) is 19.0. The van der Waals surface area contributed by atoms with Crippen LogP contribution in [0.25, 0.3) is 22.5 Å². The number of aromatic nitrogens is 2. The van der Waals surface area contributed by atoms with Gasteiger partial charge in [0.05, 0.1) is 5.76 Å². The molecule has 0 spiro atoms. The van der Waals surface area contributed by atoms with Gasteiger partial charge >= 0.3 is 0 Å². The molecule has 7 heteroatoms. The largest absolute Gasteiger partial charge is 0.512 e. The molecular formula is C63H66B2IrN2O2-2. The van der Waals surface area contributed by atoms with Crippen LogP contribution in [0.2, 0.25) is 0 Å². The van der Waals surface area contributed by atoms with Gasteiger partial charge in [0.2, 0.25) is 0 Å². The van der Waals surface area contributed by atoms with Gasteiger partial charge in [-0.1, -0.05) is 161 Å². The number of aryl methyl sites for hydroxylation is 12. The van der Waals surface area contributed by atoms with Gasteiger partial charge in [-0.2, -0.15) is 0 Å². The topological polar surface area (TPSA) is 63.1 Å². The van der Waals surface area contributed by atoms with Crippen LogP contribution in [0.3, 0.4) is 0 Å². The van der Waals surface area contributed by atoms with Crippen molar-refractivity contribution in [2.45, 2.75) is 96.9 Å². The van der Waals surface area contributed by atoms with Crippen LogP contribution in [0.15, 0.2) is 146 Å². The summed E-state index contributed by atoms with van der Waals surface area (Å²) in [6, 6.07) is 50.6. The third-order valence-corrected chi connectivity index (χ3v) is 12.7. The second-order valence-electron chi connectivity index (χ2n) is 19.0. The second kappa shape index (κ2) is 24.4. The quantitative estimate of drug-likeness (QED) is 0.0677. The molecule has 0 aliphatic carbocycles. The molecule has 70 heavy (non-hydrogen) atoms. The summed E-state index contributed by atoms with van der Waals surface area (Å²) in [6.45, 7) is 29.9. The zero-order valence-corrected chi connectivity index (χ0v) is 45.9. The van der Waals surface area contributed by atoms with Crippen LogP contribution in [0.4, 0.5) is 0 Å². The number of nitrogens with zero attached hydrogens (tertiary/aromatic N) is 2. The molecule has 8 aromatic rings. The summed E-state index contributed by atoms with van der Waals surface area (Å²) in [5.74, 6) is -0.0625. The van der Waals surface area contributed by atoms with Gasteiger partial charge < -0.3 is 15.1 Å². The van der Waals surface area contributed by atoms with E-state index in [0.717, 1.165) is 22.5 Å². The van der Waals surface area contributed by atoms with Gasteiger partial charge in [0.15, 0.2) is 19.2 Å². The van der Waals surface area contributed by atoms with E-state index in [9.17, 15) is 4.79 Å². The van der Waals surface area contributed by atoms with Crippen molar-refractivity contribution >= 4 is 52.0 Å². The van der Waals surface area contributed by atoms with Crippen molar-refractivity contribution in [3.8, 4) is 22.5 Å². The van der Waals surface area contributed by atoms with Gasteiger partial charge in [0.25, 0.3) is 0 Å². The number of benzene rings is 6. The summed E-state index contributed by atoms with van der Waals surface area (Å²) in [7, 11) is 0. The molecular weight excluding hydrogens is 1030 g/mol.